The van der Waals surface area contributed by atoms with Crippen LogP contribution >= 0.6 is 0 Å². The lowest BCUT2D eigenvalue weighted by molar-refractivity contribution is 1.14. The molecule has 9 aromatic carbocycles. The molecule has 0 aliphatic heterocycles. The van der Waals surface area contributed by atoms with Crippen molar-refractivity contribution in [3.63, 3.8) is 0 Å². The molecular weight excluding hydrogens is 893 g/mol. The number of benzene rings is 9. The molecular formula is C65H38N8. The van der Waals surface area contributed by atoms with Gasteiger partial charge in [-0.25, -0.2) is 24.8 Å². The van der Waals surface area contributed by atoms with Crippen LogP contribution in [0, 0.1) is 29.2 Å². The highest BCUT2D eigenvalue weighted by atomic mass is 15.0. The Morgan fingerprint density at radius 3 is 1.27 bits per heavy atom. The monoisotopic (exact) mass is 930 g/mol. The third kappa shape index (κ3) is 8.12. The van der Waals surface area contributed by atoms with Gasteiger partial charge in [-0.3, -0.25) is 0 Å². The van der Waals surface area contributed by atoms with Crippen molar-refractivity contribution < 1.29 is 0 Å². The average Bonchev–Trinajstić information content (AvgIpc) is 3.79. The van der Waals surface area contributed by atoms with Crippen LogP contribution in [-0.4, -0.2) is 24.5 Å². The Bertz CT molecular complexity index is 3840. The molecule has 338 valence electrons. The Morgan fingerprint density at radius 1 is 0.370 bits per heavy atom. The molecule has 0 atom stereocenters. The molecule has 3 aromatic heterocycles. The zero-order valence-corrected chi connectivity index (χ0v) is 39.0. The molecule has 0 fully saturated rings. The van der Waals surface area contributed by atoms with Crippen molar-refractivity contribution in [2.24, 2.45) is 0 Å². The fourth-order valence-electron chi connectivity index (χ4n) is 9.69. The van der Waals surface area contributed by atoms with E-state index < -0.39 is 0 Å². The van der Waals surface area contributed by atoms with Gasteiger partial charge in [0, 0.05) is 44.2 Å². The Hall–Kier alpha value is -10.6. The first-order chi connectivity index (χ1) is 36.0. The lowest BCUT2D eigenvalue weighted by atomic mass is 9.95. The molecule has 12 rings (SSSR count). The fraction of sp³-hybridized carbons (Fsp3) is 0. The van der Waals surface area contributed by atoms with E-state index in [1.54, 1.807) is 0 Å². The lowest BCUT2D eigenvalue weighted by Gasteiger charge is -2.21. The van der Waals surface area contributed by atoms with E-state index in [1.807, 2.05) is 194 Å². The quantitative estimate of drug-likeness (QED) is 0.133. The summed E-state index contributed by atoms with van der Waals surface area (Å²) in [6.45, 7) is 8.15. The molecule has 0 spiro atoms. The van der Waals surface area contributed by atoms with Gasteiger partial charge in [-0.2, -0.15) is 10.5 Å². The summed E-state index contributed by atoms with van der Waals surface area (Å²) in [5.74, 6) is 1.03. The van der Waals surface area contributed by atoms with Gasteiger partial charge in [0.05, 0.1) is 69.3 Å². The minimum Gasteiger partial charge on any atom is -0.308 e. The maximum Gasteiger partial charge on any atom is 0.194 e. The van der Waals surface area contributed by atoms with Crippen LogP contribution in [0.2, 0.25) is 0 Å². The molecule has 0 aliphatic carbocycles. The number of aromatic nitrogens is 5. The van der Waals surface area contributed by atoms with Gasteiger partial charge in [0.15, 0.2) is 17.3 Å². The Kier molecular flexibility index (Phi) is 11.2. The number of nitriles is 2. The van der Waals surface area contributed by atoms with E-state index in [0.717, 1.165) is 66.3 Å². The van der Waals surface area contributed by atoms with Crippen LogP contribution in [0.5, 0.6) is 0 Å². The minimum absolute atomic E-state index is 0.395. The van der Waals surface area contributed by atoms with Crippen molar-refractivity contribution in [2.75, 3.05) is 0 Å². The molecule has 0 aliphatic rings. The first-order valence-corrected chi connectivity index (χ1v) is 23.7. The van der Waals surface area contributed by atoms with Crippen molar-refractivity contribution >= 4 is 27.5 Å². The van der Waals surface area contributed by atoms with Gasteiger partial charge in [-0.15, -0.1) is 0 Å². The van der Waals surface area contributed by atoms with Crippen molar-refractivity contribution in [1.29, 1.82) is 10.5 Å². The maximum absolute atomic E-state index is 11.1. The van der Waals surface area contributed by atoms with Gasteiger partial charge in [0.25, 0.3) is 0 Å². The summed E-state index contributed by atoms with van der Waals surface area (Å²) >= 11 is 0. The number of hydrogen-bond acceptors (Lipinski definition) is 6. The van der Waals surface area contributed by atoms with Crippen LogP contribution in [0.3, 0.4) is 0 Å². The molecule has 0 bridgehead atoms. The Balaban J connectivity index is 1.27. The second-order valence-electron chi connectivity index (χ2n) is 17.5. The van der Waals surface area contributed by atoms with E-state index in [-0.39, 0.29) is 0 Å². The molecule has 0 N–H and O–H groups in total. The highest BCUT2D eigenvalue weighted by molar-refractivity contribution is 6.13. The highest BCUT2D eigenvalue weighted by Crippen LogP contribution is 2.45. The van der Waals surface area contributed by atoms with E-state index in [9.17, 15) is 10.5 Å². The zero-order valence-electron chi connectivity index (χ0n) is 39.0. The van der Waals surface area contributed by atoms with E-state index in [4.69, 9.17) is 26.5 Å². The van der Waals surface area contributed by atoms with Crippen LogP contribution in [-0.2, 0) is 0 Å². The third-order valence-electron chi connectivity index (χ3n) is 13.1. The number of rotatable bonds is 9. The topological polar surface area (TPSA) is 108 Å². The van der Waals surface area contributed by atoms with Gasteiger partial charge < -0.3 is 4.57 Å². The molecule has 0 amide bonds. The number of nitrogens with zero attached hydrogens (tertiary/aromatic N) is 8. The largest absolute Gasteiger partial charge is 0.308 e. The average molecular weight is 931 g/mol. The lowest BCUT2D eigenvalue weighted by Crippen LogP contribution is -2.06. The Labute approximate surface area is 421 Å². The summed E-state index contributed by atoms with van der Waals surface area (Å²) < 4.78 is 2.25. The van der Waals surface area contributed by atoms with Crippen LogP contribution < -0.4 is 0 Å². The van der Waals surface area contributed by atoms with E-state index in [2.05, 4.69) is 57.9 Å². The molecule has 8 nitrogen and oxygen atoms in total. The van der Waals surface area contributed by atoms with Gasteiger partial charge in [-0.1, -0.05) is 188 Å². The SMILES string of the molecule is [C-]#[N+]c1ccccc1-c1ccc2c3ccc(-c4ccccc4C#N)cc3n(-c3c(-c4cc(-c5ccccc5)nc(-c5ccccc5)n4)cc(C#N)cc3-c3cc(-c4ccccc4)nc(-c4ccccc4)n3)c2c1. The van der Waals surface area contributed by atoms with E-state index >= 15 is 0 Å². The standard InChI is InChI=1S/C65H38N8/c1-68-56-29-17-16-28-51(56)48-31-33-53-52-32-30-47(50-27-15-14-26-49(50)41-67)36-61(52)73(62(53)37-48)63-54(59-38-57(43-18-6-2-7-19-43)69-64(71-59)45-22-10-4-11-23-45)34-42(40-66)35-55(63)60-39-58(44-20-8-3-9-21-44)70-65(72-60)46-24-12-5-13-25-46/h2-39H. The number of fused-ring (bicyclic) bond motifs is 3. The maximum atomic E-state index is 11.1. The highest BCUT2D eigenvalue weighted by Gasteiger charge is 2.26. The molecule has 0 unspecified atom stereocenters. The van der Waals surface area contributed by atoms with E-state index in [0.29, 0.717) is 68.1 Å². The molecule has 0 radical (unpaired) electrons. The first-order valence-electron chi connectivity index (χ1n) is 23.7. The molecule has 8 heteroatoms. The van der Waals surface area contributed by atoms with Crippen molar-refractivity contribution in [1.82, 2.24) is 24.5 Å². The zero-order chi connectivity index (χ0) is 49.3. The summed E-state index contributed by atoms with van der Waals surface area (Å²) in [6, 6.07) is 80.6. The number of para-hydroxylation sites is 1. The third-order valence-corrected chi connectivity index (χ3v) is 13.1. The van der Waals surface area contributed by atoms with Gasteiger partial charge in [0.1, 0.15) is 0 Å². The summed E-state index contributed by atoms with van der Waals surface area (Å²) in [6.07, 6.45) is 0. The van der Waals surface area contributed by atoms with Gasteiger partial charge in [0.2, 0.25) is 0 Å². The molecule has 0 saturated heterocycles. The molecule has 12 aromatic rings. The number of hydrogen-bond donors (Lipinski definition) is 0. The normalized spacial score (nSPS) is 11.0. The molecule has 73 heavy (non-hydrogen) atoms. The molecule has 3 heterocycles. The summed E-state index contributed by atoms with van der Waals surface area (Å²) in [5.41, 5.74) is 14.5. The van der Waals surface area contributed by atoms with Crippen LogP contribution in [0.25, 0.3) is 122 Å². The van der Waals surface area contributed by atoms with E-state index in [1.165, 1.54) is 0 Å². The fourth-order valence-corrected chi connectivity index (χ4v) is 9.69. The van der Waals surface area contributed by atoms with Crippen molar-refractivity contribution in [3.05, 3.63) is 253 Å². The van der Waals surface area contributed by atoms with Crippen LogP contribution in [0.1, 0.15) is 11.1 Å². The van der Waals surface area contributed by atoms with Crippen LogP contribution in [0.15, 0.2) is 231 Å². The predicted octanol–water partition coefficient (Wildman–Crippen LogP) is 16.0. The predicted molar refractivity (Wildman–Crippen MR) is 291 cm³/mol. The van der Waals surface area contributed by atoms with Gasteiger partial charge >= 0.3 is 0 Å². The van der Waals surface area contributed by atoms with Crippen molar-refractivity contribution in [2.45, 2.75) is 0 Å². The second kappa shape index (κ2) is 18.7. The smallest absolute Gasteiger partial charge is 0.194 e. The van der Waals surface area contributed by atoms with Crippen LogP contribution in [0.4, 0.5) is 5.69 Å². The summed E-state index contributed by atoms with van der Waals surface area (Å²) in [7, 11) is 0. The summed E-state index contributed by atoms with van der Waals surface area (Å²) in [5, 5.41) is 23.4. The first kappa shape index (κ1) is 43.7. The van der Waals surface area contributed by atoms with Gasteiger partial charge in [-0.05, 0) is 64.7 Å². The van der Waals surface area contributed by atoms with Crippen molar-refractivity contribution in [3.8, 4) is 108 Å². The summed E-state index contributed by atoms with van der Waals surface area (Å²) in [4.78, 5) is 25.1. The minimum atomic E-state index is 0.395. The second-order valence-corrected chi connectivity index (χ2v) is 17.5. The Morgan fingerprint density at radius 2 is 0.795 bits per heavy atom. The molecule has 0 saturated carbocycles.